The number of ether oxygens (including phenoxy) is 2. The highest BCUT2D eigenvalue weighted by molar-refractivity contribution is 4.91. The Bertz CT molecular complexity index is 341. The number of aliphatic hydroxyl groups is 9. The van der Waals surface area contributed by atoms with Crippen LogP contribution in [0.15, 0.2) is 0 Å². The second-order valence-electron chi connectivity index (χ2n) is 5.29. The van der Waals surface area contributed by atoms with E-state index in [-0.39, 0.29) is 0 Å². The molecule has 1 aliphatic heterocycles. The Morgan fingerprint density at radius 2 is 1.39 bits per heavy atom. The number of hydrogen-bond donors (Lipinski definition) is 9. The molecule has 1 aliphatic rings. The van der Waals surface area contributed by atoms with Gasteiger partial charge < -0.3 is 55.4 Å². The molecule has 0 saturated carbocycles. The van der Waals surface area contributed by atoms with Gasteiger partial charge >= 0.3 is 0 Å². The molecule has 0 radical (unpaired) electrons. The number of rotatable bonds is 8. The van der Waals surface area contributed by atoms with Gasteiger partial charge in [0.1, 0.15) is 48.8 Å². The van der Waals surface area contributed by atoms with Gasteiger partial charge in [-0.05, 0) is 0 Å². The van der Waals surface area contributed by atoms with Crippen molar-refractivity contribution in [2.75, 3.05) is 19.8 Å². The summed E-state index contributed by atoms with van der Waals surface area (Å²) in [7, 11) is 0. The fourth-order valence-electron chi connectivity index (χ4n) is 2.16. The highest BCUT2D eigenvalue weighted by Crippen LogP contribution is 2.24. The van der Waals surface area contributed by atoms with Crippen molar-refractivity contribution < 1.29 is 55.4 Å². The zero-order valence-electron chi connectivity index (χ0n) is 12.2. The Morgan fingerprint density at radius 1 is 0.826 bits per heavy atom. The first-order valence-electron chi connectivity index (χ1n) is 7.00. The third-order valence-corrected chi connectivity index (χ3v) is 3.62. The SMILES string of the molecule is OCC1O[C@@H](O[C@@H](C(O)CO)C(O)[C@H](O)CO)[C@@H](O)C(O)[C@@H]1O. The van der Waals surface area contributed by atoms with Gasteiger partial charge in [-0.25, -0.2) is 0 Å². The average molecular weight is 344 g/mol. The van der Waals surface area contributed by atoms with E-state index in [1.165, 1.54) is 0 Å². The molecule has 11 heteroatoms. The zero-order valence-corrected chi connectivity index (χ0v) is 12.2. The van der Waals surface area contributed by atoms with Gasteiger partial charge in [0, 0.05) is 0 Å². The van der Waals surface area contributed by atoms with Gasteiger partial charge in [-0.15, -0.1) is 0 Å². The number of hydrogen-bond acceptors (Lipinski definition) is 11. The minimum Gasteiger partial charge on any atom is -0.394 e. The summed E-state index contributed by atoms with van der Waals surface area (Å²) in [6.07, 6.45) is -15.1. The molecule has 0 aromatic rings. The molecule has 0 aromatic carbocycles. The Balaban J connectivity index is 2.89. The Morgan fingerprint density at radius 3 is 1.87 bits per heavy atom. The lowest BCUT2D eigenvalue weighted by atomic mass is 9.98. The van der Waals surface area contributed by atoms with E-state index < -0.39 is 74.9 Å². The topological polar surface area (TPSA) is 201 Å². The monoisotopic (exact) mass is 344 g/mol. The molecular formula is C12H24O11. The molecule has 4 unspecified atom stereocenters. The van der Waals surface area contributed by atoms with Crippen LogP contribution in [-0.4, -0.2) is 121 Å². The van der Waals surface area contributed by atoms with E-state index in [0.717, 1.165) is 0 Å². The van der Waals surface area contributed by atoms with Crippen molar-refractivity contribution in [2.24, 2.45) is 0 Å². The van der Waals surface area contributed by atoms with Gasteiger partial charge in [-0.3, -0.25) is 0 Å². The molecule has 1 saturated heterocycles. The molecule has 9 atom stereocenters. The van der Waals surface area contributed by atoms with E-state index in [1.54, 1.807) is 0 Å². The van der Waals surface area contributed by atoms with Crippen molar-refractivity contribution in [3.63, 3.8) is 0 Å². The van der Waals surface area contributed by atoms with E-state index in [1.807, 2.05) is 0 Å². The first kappa shape index (κ1) is 20.6. The highest BCUT2D eigenvalue weighted by atomic mass is 16.7. The van der Waals surface area contributed by atoms with Crippen LogP contribution in [-0.2, 0) is 9.47 Å². The minimum atomic E-state index is -1.85. The average Bonchev–Trinajstić information content (AvgIpc) is 2.57. The maximum Gasteiger partial charge on any atom is 0.187 e. The van der Waals surface area contributed by atoms with Crippen LogP contribution in [0.25, 0.3) is 0 Å². The van der Waals surface area contributed by atoms with Gasteiger partial charge in [0.25, 0.3) is 0 Å². The second-order valence-corrected chi connectivity index (χ2v) is 5.29. The molecule has 9 N–H and O–H groups in total. The normalized spacial score (nSPS) is 37.2. The molecule has 1 heterocycles. The van der Waals surface area contributed by atoms with Crippen molar-refractivity contribution in [3.05, 3.63) is 0 Å². The van der Waals surface area contributed by atoms with E-state index in [9.17, 15) is 30.6 Å². The smallest absolute Gasteiger partial charge is 0.187 e. The van der Waals surface area contributed by atoms with Crippen molar-refractivity contribution >= 4 is 0 Å². The predicted molar refractivity (Wildman–Crippen MR) is 70.8 cm³/mol. The summed E-state index contributed by atoms with van der Waals surface area (Å²) in [6.45, 7) is -2.45. The highest BCUT2D eigenvalue weighted by Gasteiger charge is 2.46. The van der Waals surface area contributed by atoms with Crippen LogP contribution in [0.5, 0.6) is 0 Å². The third-order valence-electron chi connectivity index (χ3n) is 3.62. The molecule has 0 amide bonds. The summed E-state index contributed by atoms with van der Waals surface area (Å²) >= 11 is 0. The fraction of sp³-hybridized carbons (Fsp3) is 1.00. The van der Waals surface area contributed by atoms with Crippen LogP contribution < -0.4 is 0 Å². The molecule has 1 rings (SSSR count). The molecule has 1 fully saturated rings. The van der Waals surface area contributed by atoms with Gasteiger partial charge in [-0.1, -0.05) is 0 Å². The van der Waals surface area contributed by atoms with Crippen molar-refractivity contribution in [1.29, 1.82) is 0 Å². The molecule has 23 heavy (non-hydrogen) atoms. The van der Waals surface area contributed by atoms with Gasteiger partial charge in [0.05, 0.1) is 19.8 Å². The van der Waals surface area contributed by atoms with E-state index in [4.69, 9.17) is 24.8 Å². The summed E-state index contributed by atoms with van der Waals surface area (Å²) in [5.41, 5.74) is 0. The van der Waals surface area contributed by atoms with Gasteiger partial charge in [0.15, 0.2) is 6.29 Å². The molecule has 0 aromatic heterocycles. The summed E-state index contributed by atoms with van der Waals surface area (Å²) in [5.74, 6) is 0. The van der Waals surface area contributed by atoms with Crippen molar-refractivity contribution in [1.82, 2.24) is 0 Å². The second kappa shape index (κ2) is 9.15. The van der Waals surface area contributed by atoms with Crippen molar-refractivity contribution in [2.45, 2.75) is 55.1 Å². The lowest BCUT2D eigenvalue weighted by Gasteiger charge is -2.42. The zero-order chi connectivity index (χ0) is 17.7. The third kappa shape index (κ3) is 4.78. The Kier molecular flexibility index (Phi) is 8.20. The van der Waals surface area contributed by atoms with Crippen LogP contribution in [0.4, 0.5) is 0 Å². The molecular weight excluding hydrogens is 320 g/mol. The molecule has 0 spiro atoms. The van der Waals surface area contributed by atoms with Gasteiger partial charge in [-0.2, -0.15) is 0 Å². The predicted octanol–water partition coefficient (Wildman–Crippen LogP) is -5.76. The Hall–Kier alpha value is -0.440. The molecule has 11 nitrogen and oxygen atoms in total. The lowest BCUT2D eigenvalue weighted by Crippen LogP contribution is -2.61. The van der Waals surface area contributed by atoms with Crippen LogP contribution in [0.1, 0.15) is 0 Å². The summed E-state index contributed by atoms with van der Waals surface area (Å²) in [6, 6.07) is 0. The van der Waals surface area contributed by atoms with Crippen molar-refractivity contribution in [3.8, 4) is 0 Å². The molecule has 138 valence electrons. The number of aliphatic hydroxyl groups excluding tert-OH is 9. The summed E-state index contributed by atoms with van der Waals surface area (Å²) in [5, 5.41) is 84.9. The van der Waals surface area contributed by atoms with Crippen LogP contribution in [0, 0.1) is 0 Å². The summed E-state index contributed by atoms with van der Waals surface area (Å²) in [4.78, 5) is 0. The first-order valence-corrected chi connectivity index (χ1v) is 7.00. The first-order chi connectivity index (χ1) is 10.8. The van der Waals surface area contributed by atoms with E-state index in [2.05, 4.69) is 0 Å². The fourth-order valence-corrected chi connectivity index (χ4v) is 2.16. The molecule has 0 aliphatic carbocycles. The van der Waals surface area contributed by atoms with Crippen LogP contribution in [0.2, 0.25) is 0 Å². The van der Waals surface area contributed by atoms with Gasteiger partial charge in [0.2, 0.25) is 0 Å². The quantitative estimate of drug-likeness (QED) is 0.203. The lowest BCUT2D eigenvalue weighted by molar-refractivity contribution is -0.327. The summed E-state index contributed by atoms with van der Waals surface area (Å²) < 4.78 is 10.1. The van der Waals surface area contributed by atoms with Crippen LogP contribution in [0.3, 0.4) is 0 Å². The maximum absolute atomic E-state index is 9.83. The largest absolute Gasteiger partial charge is 0.394 e. The standard InChI is InChI=1S/C12H24O11/c13-1-4(16)7(18)11(5(17)2-14)23-12-10(21)9(20)8(19)6(3-15)22-12/h4-21H,1-3H2/t4-,5?,6?,7?,8-,9?,10+,11+,12+/m1/s1. The van der Waals surface area contributed by atoms with E-state index >= 15 is 0 Å². The van der Waals surface area contributed by atoms with E-state index in [0.29, 0.717) is 0 Å². The van der Waals surface area contributed by atoms with Crippen LogP contribution >= 0.6 is 0 Å². The molecule has 0 bridgehead atoms. The maximum atomic E-state index is 9.83. The Labute approximate surface area is 131 Å². The minimum absolute atomic E-state index is 0.708.